The smallest absolute Gasteiger partial charge is 0.330 e. The zero-order valence-corrected chi connectivity index (χ0v) is 28.7. The molecule has 256 valence electrons. The first-order valence-electron chi connectivity index (χ1n) is 16.8. The van der Waals surface area contributed by atoms with Crippen LogP contribution in [0.25, 0.3) is 21.6 Å². The maximum atomic E-state index is 13.9. The summed E-state index contributed by atoms with van der Waals surface area (Å²) in [5.74, 6) is -2.58. The number of hydrogen-bond donors (Lipinski definition) is 3. The van der Waals surface area contributed by atoms with Gasteiger partial charge in [0.1, 0.15) is 33.6 Å². The second-order valence-corrected chi connectivity index (χ2v) is 14.5. The van der Waals surface area contributed by atoms with Crippen LogP contribution in [0.1, 0.15) is 76.8 Å². The molecule has 3 aliphatic rings. The monoisotopic (exact) mass is 676 g/mol. The number of carbonyl (C=O) groups is 3. The Labute approximate surface area is 284 Å². The minimum atomic E-state index is -1.36. The molecule has 0 bridgehead atoms. The van der Waals surface area contributed by atoms with Crippen LogP contribution in [0.5, 0.6) is 17.2 Å². The third-order valence-electron chi connectivity index (χ3n) is 10.0. The highest BCUT2D eigenvalue weighted by atomic mass is 32.1. The van der Waals surface area contributed by atoms with E-state index in [0.29, 0.717) is 34.8 Å². The van der Waals surface area contributed by atoms with Crippen LogP contribution in [-0.4, -0.2) is 75.2 Å². The Balaban J connectivity index is 1.34. The summed E-state index contributed by atoms with van der Waals surface area (Å²) in [6.07, 6.45) is 8.97. The molecular formula is C36H44N4O7S. The van der Waals surface area contributed by atoms with Crippen LogP contribution in [0.15, 0.2) is 35.7 Å². The highest BCUT2D eigenvalue weighted by Crippen LogP contribution is 2.47. The number of nitrogens with one attached hydrogen (secondary N) is 1. The summed E-state index contributed by atoms with van der Waals surface area (Å²) in [4.78, 5) is 51.4. The molecule has 2 fully saturated rings. The van der Waals surface area contributed by atoms with E-state index in [-0.39, 0.29) is 47.6 Å². The van der Waals surface area contributed by atoms with Gasteiger partial charge >= 0.3 is 5.97 Å². The van der Waals surface area contributed by atoms with Crippen LogP contribution in [-0.2, 0) is 14.4 Å². The number of methoxy groups -OCH3 is 1. The lowest BCUT2D eigenvalue weighted by Gasteiger charge is -2.26. The number of phenols is 1. The number of aliphatic carboxylic acids is 1. The molecule has 3 heterocycles. The molecule has 2 amide bonds. The summed E-state index contributed by atoms with van der Waals surface area (Å²) in [6.45, 7) is 4.71. The van der Waals surface area contributed by atoms with Crippen LogP contribution < -0.4 is 14.8 Å². The van der Waals surface area contributed by atoms with Crippen molar-refractivity contribution in [3.63, 3.8) is 0 Å². The number of aromatic hydroxyl groups is 1. The predicted molar refractivity (Wildman–Crippen MR) is 182 cm³/mol. The van der Waals surface area contributed by atoms with E-state index in [1.54, 1.807) is 30.1 Å². The van der Waals surface area contributed by atoms with Crippen molar-refractivity contribution in [3.8, 4) is 28.0 Å². The molecule has 0 spiro atoms. The molecule has 3 N–H and O–H groups in total. The van der Waals surface area contributed by atoms with Crippen molar-refractivity contribution < 1.29 is 34.1 Å². The number of benzene rings is 1. The van der Waals surface area contributed by atoms with E-state index in [1.165, 1.54) is 18.4 Å². The second-order valence-electron chi connectivity index (χ2n) is 13.6. The normalized spacial score (nSPS) is 27.3. The number of carboxylic acid groups (broad SMARTS) is 1. The number of phenolic OH excluding ortho intramolecular Hbond substituents is 1. The summed E-state index contributed by atoms with van der Waals surface area (Å²) in [5.41, 5.74) is 0.374. The molecule has 0 radical (unpaired) electrons. The van der Waals surface area contributed by atoms with Crippen LogP contribution in [0.4, 0.5) is 0 Å². The maximum Gasteiger partial charge on any atom is 0.330 e. The molecule has 12 heteroatoms. The van der Waals surface area contributed by atoms with Gasteiger partial charge in [0.05, 0.1) is 24.6 Å². The third kappa shape index (κ3) is 6.59. The zero-order chi connectivity index (χ0) is 34.2. The van der Waals surface area contributed by atoms with E-state index < -0.39 is 35.4 Å². The fraction of sp³-hybridized carbons (Fsp3) is 0.528. The number of fused-ring (bicyclic) bond motifs is 3. The molecule has 2 aromatic heterocycles. The molecule has 1 aromatic carbocycles. The van der Waals surface area contributed by atoms with Crippen molar-refractivity contribution in [3.05, 3.63) is 41.4 Å². The van der Waals surface area contributed by atoms with Crippen LogP contribution >= 0.6 is 11.3 Å². The number of carbonyl (C=O) groups excluding carboxylic acids is 2. The summed E-state index contributed by atoms with van der Waals surface area (Å²) >= 11 is 1.45. The topological polar surface area (TPSA) is 151 Å². The number of amides is 2. The number of nitrogens with zero attached hydrogens (tertiary/aromatic N) is 3. The summed E-state index contributed by atoms with van der Waals surface area (Å²) in [7, 11) is 3.24. The Morgan fingerprint density at radius 3 is 2.60 bits per heavy atom. The highest BCUT2D eigenvalue weighted by molar-refractivity contribution is 7.13. The molecule has 6 rings (SSSR count). The third-order valence-corrected chi connectivity index (χ3v) is 10.9. The number of carboxylic acids is 1. The number of aromatic nitrogens is 2. The van der Waals surface area contributed by atoms with Crippen molar-refractivity contribution in [2.24, 2.45) is 17.8 Å². The number of allylic oxidation sites excluding steroid dienone is 1. The van der Waals surface area contributed by atoms with Gasteiger partial charge in [-0.3, -0.25) is 9.59 Å². The lowest BCUT2D eigenvalue weighted by Crippen LogP contribution is -2.49. The van der Waals surface area contributed by atoms with Crippen molar-refractivity contribution in [2.45, 2.75) is 82.8 Å². The first-order chi connectivity index (χ1) is 23.0. The first-order valence-corrected chi connectivity index (χ1v) is 17.7. The maximum absolute atomic E-state index is 13.9. The van der Waals surface area contributed by atoms with Gasteiger partial charge in [-0.15, -0.1) is 11.3 Å². The van der Waals surface area contributed by atoms with E-state index in [9.17, 15) is 24.6 Å². The molecule has 3 aromatic rings. The van der Waals surface area contributed by atoms with Crippen molar-refractivity contribution in [2.75, 3.05) is 20.7 Å². The minimum Gasteiger partial charge on any atom is -0.503 e. The Hall–Kier alpha value is -4.19. The van der Waals surface area contributed by atoms with Gasteiger partial charge in [0.2, 0.25) is 11.8 Å². The van der Waals surface area contributed by atoms with Crippen LogP contribution in [0, 0.1) is 17.8 Å². The van der Waals surface area contributed by atoms with Gasteiger partial charge in [-0.25, -0.2) is 14.8 Å². The molecule has 2 saturated carbocycles. The SMILES string of the molecule is COc1ccc2c(OC3CC4C(=O)N(C)CCCCCC/C=C\[C@@H]5C[C@@]5(C(=O)O)NC(=O)[C@@H]4C3)cc(-c3nc(C(C)C)cs3)nc2c1O. The van der Waals surface area contributed by atoms with Gasteiger partial charge in [-0.1, -0.05) is 38.8 Å². The van der Waals surface area contributed by atoms with Gasteiger partial charge in [0.15, 0.2) is 11.5 Å². The summed E-state index contributed by atoms with van der Waals surface area (Å²) < 4.78 is 12.0. The minimum absolute atomic E-state index is 0.128. The number of rotatable bonds is 6. The quantitative estimate of drug-likeness (QED) is 0.271. The lowest BCUT2D eigenvalue weighted by atomic mass is 9.93. The van der Waals surface area contributed by atoms with Crippen LogP contribution in [0.2, 0.25) is 0 Å². The van der Waals surface area contributed by atoms with Crippen molar-refractivity contribution in [1.82, 2.24) is 20.2 Å². The molecule has 11 nitrogen and oxygen atoms in total. The van der Waals surface area contributed by atoms with E-state index in [1.807, 2.05) is 17.5 Å². The van der Waals surface area contributed by atoms with Crippen LogP contribution in [0.3, 0.4) is 0 Å². The van der Waals surface area contributed by atoms with E-state index >= 15 is 0 Å². The average Bonchev–Trinajstić information content (AvgIpc) is 3.37. The number of pyridine rings is 1. The van der Waals surface area contributed by atoms with Gasteiger partial charge < -0.3 is 29.9 Å². The average molecular weight is 677 g/mol. The number of ether oxygens (including phenoxy) is 2. The van der Waals surface area contributed by atoms with Gasteiger partial charge in [-0.2, -0.15) is 0 Å². The fourth-order valence-electron chi connectivity index (χ4n) is 6.99. The second kappa shape index (κ2) is 13.7. The standard InChI is InChI=1S/C36H44N4O7S/c1-20(2)27-19-48-33(38-27)26-17-29(23-12-13-28(46-4)31(41)30(23)37-26)47-22-15-24-25(16-22)34(43)40(3)14-10-8-6-5-7-9-11-21-18-36(21,35(44)45)39-32(24)42/h9,11-13,17,19-22,24-25,41H,5-8,10,14-16,18H2,1-4H3,(H,39,42)(H,44,45)/b11-9-/t21-,22?,24-,25?,36-/m1/s1. The molecule has 5 atom stereocenters. The Morgan fingerprint density at radius 2 is 1.88 bits per heavy atom. The largest absolute Gasteiger partial charge is 0.503 e. The summed E-state index contributed by atoms with van der Waals surface area (Å²) in [6, 6.07) is 5.19. The number of hydrogen-bond acceptors (Lipinski definition) is 9. The van der Waals surface area contributed by atoms with E-state index in [4.69, 9.17) is 19.4 Å². The Morgan fingerprint density at radius 1 is 1.10 bits per heavy atom. The molecule has 0 saturated heterocycles. The van der Waals surface area contributed by atoms with Gasteiger partial charge in [0.25, 0.3) is 0 Å². The first kappa shape index (κ1) is 33.7. The zero-order valence-electron chi connectivity index (χ0n) is 27.9. The molecule has 2 unspecified atom stereocenters. The van der Waals surface area contributed by atoms with E-state index in [2.05, 4.69) is 19.2 Å². The molecule has 48 heavy (non-hydrogen) atoms. The Kier molecular flexibility index (Phi) is 9.64. The molecule has 1 aliphatic heterocycles. The van der Waals surface area contributed by atoms with Gasteiger partial charge in [0, 0.05) is 36.3 Å². The highest BCUT2D eigenvalue weighted by Gasteiger charge is 2.61. The lowest BCUT2D eigenvalue weighted by molar-refractivity contribution is -0.145. The van der Waals surface area contributed by atoms with E-state index in [0.717, 1.165) is 37.8 Å². The van der Waals surface area contributed by atoms with Crippen molar-refractivity contribution >= 4 is 40.0 Å². The molecule has 2 aliphatic carbocycles. The summed E-state index contributed by atoms with van der Waals surface area (Å²) in [5, 5.41) is 27.3. The van der Waals surface area contributed by atoms with Crippen molar-refractivity contribution in [1.29, 1.82) is 0 Å². The Bertz CT molecular complexity index is 1740. The molecular weight excluding hydrogens is 632 g/mol. The predicted octanol–water partition coefficient (Wildman–Crippen LogP) is 5.91. The van der Waals surface area contributed by atoms with Gasteiger partial charge in [-0.05, 0) is 56.6 Å². The number of thiazole rings is 1. The fourth-order valence-corrected chi connectivity index (χ4v) is 7.93.